The van der Waals surface area contributed by atoms with Gasteiger partial charge >= 0.3 is 5.97 Å². The fourth-order valence-corrected chi connectivity index (χ4v) is 2.38. The quantitative estimate of drug-likeness (QED) is 0.279. The third kappa shape index (κ3) is 5.93. The number of aliphatic carboxylic acids is 1. The van der Waals surface area contributed by atoms with E-state index < -0.39 is 23.3 Å². The molecule has 0 spiro atoms. The summed E-state index contributed by atoms with van der Waals surface area (Å²) in [6.45, 7) is 3.73. The Hall–Kier alpha value is -1.44. The molecule has 1 aromatic heterocycles. The zero-order valence-corrected chi connectivity index (χ0v) is 15.0. The first-order chi connectivity index (χ1) is 10.8. The summed E-state index contributed by atoms with van der Waals surface area (Å²) in [7, 11) is 0. The number of aliphatic hydroxyl groups excluding tert-OH is 2. The zero-order valence-electron chi connectivity index (χ0n) is 12.7. The molecule has 0 amide bonds. The number of aliphatic hydroxyl groups is 2. The Balaban J connectivity index is 3.23. The van der Waals surface area contributed by atoms with Gasteiger partial charge in [0.05, 0.1) is 18.2 Å². The van der Waals surface area contributed by atoms with Gasteiger partial charge < -0.3 is 15.3 Å². The Morgan fingerprint density at radius 1 is 1.48 bits per heavy atom. The number of rotatable bonds is 7. The first kappa shape index (κ1) is 19.6. The van der Waals surface area contributed by atoms with Gasteiger partial charge in [-0.3, -0.25) is 4.99 Å². The van der Waals surface area contributed by atoms with Crippen molar-refractivity contribution in [1.82, 2.24) is 4.98 Å². The Morgan fingerprint density at radius 3 is 2.65 bits per heavy atom. The lowest BCUT2D eigenvalue weighted by Gasteiger charge is -2.12. The van der Waals surface area contributed by atoms with Gasteiger partial charge in [0, 0.05) is 16.9 Å². The van der Waals surface area contributed by atoms with Crippen LogP contribution in [0.15, 0.2) is 27.3 Å². The third-order valence-electron chi connectivity index (χ3n) is 2.92. The molecule has 1 rings (SSSR count). The Kier molecular flexibility index (Phi) is 7.67. The monoisotopic (exact) mass is 404 g/mol. The number of hydrogen-bond donors (Lipinski definition) is 3. The van der Waals surface area contributed by atoms with Crippen LogP contribution in [0, 0.1) is 5.92 Å². The number of halogens is 2. The molecule has 0 aliphatic rings. The summed E-state index contributed by atoms with van der Waals surface area (Å²) in [5.41, 5.74) is -0.344. The maximum Gasteiger partial charge on any atom is 0.341 e. The summed E-state index contributed by atoms with van der Waals surface area (Å²) in [6, 6.07) is 1.02. The lowest BCUT2D eigenvalue weighted by atomic mass is 10.0. The van der Waals surface area contributed by atoms with Crippen molar-refractivity contribution < 1.29 is 20.1 Å². The molecule has 8 heteroatoms. The molecule has 6 nitrogen and oxygen atoms in total. The SMILES string of the molecule is CC(C)C[C@@H](CO)N=CC(C(=O)O)=C(O)c1cc(Br)cnc1Cl. The Bertz CT molecular complexity index is 632. The van der Waals surface area contributed by atoms with Gasteiger partial charge in [-0.15, -0.1) is 0 Å². The maximum absolute atomic E-state index is 11.4. The average molecular weight is 406 g/mol. The van der Waals surface area contributed by atoms with Gasteiger partial charge in [-0.05, 0) is 34.3 Å². The van der Waals surface area contributed by atoms with Gasteiger partial charge in [0.2, 0.25) is 0 Å². The van der Waals surface area contributed by atoms with Crippen molar-refractivity contribution in [1.29, 1.82) is 0 Å². The van der Waals surface area contributed by atoms with Crippen molar-refractivity contribution in [3.8, 4) is 0 Å². The average Bonchev–Trinajstić information content (AvgIpc) is 2.47. The fourth-order valence-electron chi connectivity index (χ4n) is 1.86. The molecule has 1 atom stereocenters. The van der Waals surface area contributed by atoms with Crippen molar-refractivity contribution in [2.24, 2.45) is 10.9 Å². The molecule has 23 heavy (non-hydrogen) atoms. The van der Waals surface area contributed by atoms with E-state index in [-0.39, 0.29) is 17.3 Å². The predicted octanol–water partition coefficient (Wildman–Crippen LogP) is 3.33. The topological polar surface area (TPSA) is 103 Å². The summed E-state index contributed by atoms with van der Waals surface area (Å²) >= 11 is 9.08. The van der Waals surface area contributed by atoms with Gasteiger partial charge in [0.15, 0.2) is 0 Å². The minimum atomic E-state index is -1.36. The Morgan fingerprint density at radius 2 is 2.13 bits per heavy atom. The minimum absolute atomic E-state index is 0.0289. The van der Waals surface area contributed by atoms with Crippen LogP contribution in [-0.2, 0) is 4.79 Å². The van der Waals surface area contributed by atoms with Crippen LogP contribution in [0.1, 0.15) is 25.8 Å². The minimum Gasteiger partial charge on any atom is -0.506 e. The van der Waals surface area contributed by atoms with E-state index in [0.717, 1.165) is 6.21 Å². The van der Waals surface area contributed by atoms with Crippen LogP contribution in [-0.4, -0.2) is 45.1 Å². The van der Waals surface area contributed by atoms with Crippen LogP contribution >= 0.6 is 27.5 Å². The van der Waals surface area contributed by atoms with Crippen LogP contribution in [0.3, 0.4) is 0 Å². The number of carboxylic acid groups (broad SMARTS) is 1. The normalized spacial score (nSPS) is 14.2. The number of carbonyl (C=O) groups is 1. The second-order valence-corrected chi connectivity index (χ2v) is 6.58. The molecule has 126 valence electrons. The van der Waals surface area contributed by atoms with Crippen molar-refractivity contribution in [2.75, 3.05) is 6.61 Å². The molecule has 0 aliphatic heterocycles. The lowest BCUT2D eigenvalue weighted by molar-refractivity contribution is -0.132. The molecule has 3 N–H and O–H groups in total. The largest absolute Gasteiger partial charge is 0.506 e. The molecule has 1 aromatic rings. The second-order valence-electron chi connectivity index (χ2n) is 5.30. The van der Waals surface area contributed by atoms with Crippen LogP contribution in [0.2, 0.25) is 5.15 Å². The number of pyridine rings is 1. The summed E-state index contributed by atoms with van der Waals surface area (Å²) < 4.78 is 0.540. The molecular formula is C15H18BrClN2O4. The molecule has 0 unspecified atom stereocenters. The molecule has 1 heterocycles. The van der Waals surface area contributed by atoms with Gasteiger partial charge in [0.1, 0.15) is 16.5 Å². The molecule has 0 radical (unpaired) electrons. The van der Waals surface area contributed by atoms with Crippen molar-refractivity contribution in [2.45, 2.75) is 26.3 Å². The summed E-state index contributed by atoms with van der Waals surface area (Å²) in [5, 5.41) is 28.8. The lowest BCUT2D eigenvalue weighted by Crippen LogP contribution is -2.15. The summed E-state index contributed by atoms with van der Waals surface area (Å²) in [4.78, 5) is 19.3. The highest BCUT2D eigenvalue weighted by Gasteiger charge is 2.18. The van der Waals surface area contributed by atoms with Crippen molar-refractivity contribution in [3.63, 3.8) is 0 Å². The highest BCUT2D eigenvalue weighted by molar-refractivity contribution is 9.10. The molecule has 0 aromatic carbocycles. The standard InChI is InChI=1S/C15H18BrClN2O4/c1-8(2)3-10(7-20)18-6-12(15(22)23)13(21)11-4-9(16)5-19-14(11)17/h4-6,8,10,20-21H,3,7H2,1-2H3,(H,22,23)/t10-/m0/s1. The number of hydrogen-bond acceptors (Lipinski definition) is 5. The number of nitrogens with zero attached hydrogens (tertiary/aromatic N) is 2. The Labute approximate surface area is 147 Å². The van der Waals surface area contributed by atoms with E-state index in [2.05, 4.69) is 25.9 Å². The van der Waals surface area contributed by atoms with Crippen LogP contribution in [0.25, 0.3) is 5.76 Å². The molecular weight excluding hydrogens is 388 g/mol. The van der Waals surface area contributed by atoms with Crippen molar-refractivity contribution >= 4 is 45.5 Å². The molecule has 0 fully saturated rings. The fraction of sp³-hybridized carbons (Fsp3) is 0.400. The van der Waals surface area contributed by atoms with Gasteiger partial charge in [-0.2, -0.15) is 0 Å². The van der Waals surface area contributed by atoms with Gasteiger partial charge in [0.25, 0.3) is 0 Å². The van der Waals surface area contributed by atoms with E-state index in [1.54, 1.807) is 0 Å². The zero-order chi connectivity index (χ0) is 17.6. The highest BCUT2D eigenvalue weighted by atomic mass is 79.9. The van der Waals surface area contributed by atoms with Gasteiger partial charge in [-0.25, -0.2) is 9.78 Å². The van der Waals surface area contributed by atoms with Crippen molar-refractivity contribution in [3.05, 3.63) is 33.0 Å². The predicted molar refractivity (Wildman–Crippen MR) is 93.0 cm³/mol. The highest BCUT2D eigenvalue weighted by Crippen LogP contribution is 2.25. The van der Waals surface area contributed by atoms with Gasteiger partial charge in [-0.1, -0.05) is 25.4 Å². The number of carboxylic acids is 1. The molecule has 0 aliphatic carbocycles. The molecule has 0 saturated carbocycles. The first-order valence-corrected chi connectivity index (χ1v) is 8.05. The summed E-state index contributed by atoms with van der Waals surface area (Å²) in [6.07, 6.45) is 3.07. The maximum atomic E-state index is 11.4. The molecule has 0 bridgehead atoms. The van der Waals surface area contributed by atoms with E-state index in [9.17, 15) is 20.1 Å². The summed E-state index contributed by atoms with van der Waals surface area (Å²) in [5.74, 6) is -1.61. The first-order valence-electron chi connectivity index (χ1n) is 6.88. The molecule has 0 saturated heterocycles. The van der Waals surface area contributed by atoms with Crippen LogP contribution < -0.4 is 0 Å². The van der Waals surface area contributed by atoms with Crippen LogP contribution in [0.5, 0.6) is 0 Å². The smallest absolute Gasteiger partial charge is 0.341 e. The van der Waals surface area contributed by atoms with E-state index in [0.29, 0.717) is 16.8 Å². The van der Waals surface area contributed by atoms with E-state index in [1.807, 2.05) is 13.8 Å². The second kappa shape index (κ2) is 9.00. The third-order valence-corrected chi connectivity index (χ3v) is 3.65. The van der Waals surface area contributed by atoms with E-state index in [4.69, 9.17) is 11.6 Å². The van der Waals surface area contributed by atoms with E-state index in [1.165, 1.54) is 12.3 Å². The van der Waals surface area contributed by atoms with Crippen LogP contribution in [0.4, 0.5) is 0 Å². The number of aromatic nitrogens is 1. The van der Waals surface area contributed by atoms with E-state index >= 15 is 0 Å². The number of aliphatic imine (C=N–C) groups is 1.